The first-order valence-corrected chi connectivity index (χ1v) is 10.5. The fraction of sp³-hybridized carbons (Fsp3) is 0.474. The first-order chi connectivity index (χ1) is 12.1. The Morgan fingerprint density at radius 2 is 1.81 bits per heavy atom. The summed E-state index contributed by atoms with van der Waals surface area (Å²) in [5, 5.41) is 3.26. The predicted molar refractivity (Wildman–Crippen MR) is 103 cm³/mol. The number of nitrogens with zero attached hydrogens (tertiary/aromatic N) is 2. The Hall–Kier alpha value is -2.15. The molecule has 0 bridgehead atoms. The van der Waals surface area contributed by atoms with E-state index in [1.54, 1.807) is 37.4 Å². The van der Waals surface area contributed by atoms with Crippen LogP contribution in [0.25, 0.3) is 0 Å². The van der Waals surface area contributed by atoms with E-state index in [0.717, 1.165) is 24.2 Å². The second-order valence-electron chi connectivity index (χ2n) is 7.18. The van der Waals surface area contributed by atoms with Crippen LogP contribution >= 0.6 is 0 Å². The molecule has 1 aromatic heterocycles. The van der Waals surface area contributed by atoms with Crippen molar-refractivity contribution in [3.63, 3.8) is 0 Å². The van der Waals surface area contributed by atoms with Crippen LogP contribution in [0.15, 0.2) is 35.2 Å². The molecule has 1 N–H and O–H groups in total. The maximum atomic E-state index is 11.5. The summed E-state index contributed by atoms with van der Waals surface area (Å²) in [6.45, 7) is 7.05. The fourth-order valence-electron chi connectivity index (χ4n) is 2.35. The van der Waals surface area contributed by atoms with Crippen LogP contribution < -0.4 is 10.1 Å². The third kappa shape index (κ3) is 5.69. The molecule has 0 aliphatic heterocycles. The van der Waals surface area contributed by atoms with Gasteiger partial charge in [-0.1, -0.05) is 39.3 Å². The normalized spacial score (nSPS) is 12.0. The first kappa shape index (κ1) is 20.2. The maximum Gasteiger partial charge on any atom is 0.218 e. The number of ether oxygens (including phenoxy) is 1. The molecule has 7 heteroatoms. The van der Waals surface area contributed by atoms with Crippen molar-refractivity contribution in [2.24, 2.45) is 5.41 Å². The minimum absolute atomic E-state index is 0.116. The van der Waals surface area contributed by atoms with Crippen LogP contribution in [0.1, 0.15) is 38.6 Å². The Balaban J connectivity index is 2.13. The third-order valence-electron chi connectivity index (χ3n) is 4.38. The Bertz CT molecular complexity index is 847. The lowest BCUT2D eigenvalue weighted by molar-refractivity contribution is 0.336. The van der Waals surface area contributed by atoms with Crippen LogP contribution in [0.2, 0.25) is 0 Å². The Kier molecular flexibility index (Phi) is 6.23. The average molecular weight is 378 g/mol. The SMILES string of the molecule is CCC(C)(C)Cc1nc(NCc2ccc(S(C)(=O)=O)cc2)cc(OC)n1. The number of benzene rings is 1. The minimum Gasteiger partial charge on any atom is -0.481 e. The molecule has 2 rings (SSSR count). The Morgan fingerprint density at radius 1 is 1.15 bits per heavy atom. The number of hydrogen-bond acceptors (Lipinski definition) is 6. The van der Waals surface area contributed by atoms with Gasteiger partial charge in [-0.2, -0.15) is 4.98 Å². The summed E-state index contributed by atoms with van der Waals surface area (Å²) < 4.78 is 28.3. The highest BCUT2D eigenvalue weighted by Gasteiger charge is 2.19. The quantitative estimate of drug-likeness (QED) is 0.758. The minimum atomic E-state index is -3.18. The number of sulfone groups is 1. The topological polar surface area (TPSA) is 81.2 Å². The first-order valence-electron chi connectivity index (χ1n) is 8.58. The molecule has 6 nitrogen and oxygen atoms in total. The molecule has 0 atom stereocenters. The van der Waals surface area contributed by atoms with Crippen molar-refractivity contribution < 1.29 is 13.2 Å². The summed E-state index contributed by atoms with van der Waals surface area (Å²) >= 11 is 0. The summed E-state index contributed by atoms with van der Waals surface area (Å²) in [5.41, 5.74) is 1.08. The van der Waals surface area contributed by atoms with E-state index in [1.165, 1.54) is 6.26 Å². The fourth-order valence-corrected chi connectivity index (χ4v) is 2.98. The Labute approximate surface area is 156 Å². The van der Waals surface area contributed by atoms with Gasteiger partial charge in [-0.05, 0) is 23.1 Å². The number of rotatable bonds is 8. The molecule has 0 fully saturated rings. The van der Waals surface area contributed by atoms with Crippen LogP contribution in [0, 0.1) is 5.41 Å². The standard InChI is InChI=1S/C19H27N3O3S/c1-6-19(2,3)12-17-21-16(11-18(22-17)25-4)20-13-14-7-9-15(10-8-14)26(5,23)24/h7-11H,6,12-13H2,1-5H3,(H,20,21,22). The van der Waals surface area contributed by atoms with Gasteiger partial charge in [0.2, 0.25) is 5.88 Å². The van der Waals surface area contributed by atoms with Gasteiger partial charge in [-0.25, -0.2) is 13.4 Å². The molecule has 26 heavy (non-hydrogen) atoms. The maximum absolute atomic E-state index is 11.5. The zero-order chi connectivity index (χ0) is 19.4. The van der Waals surface area contributed by atoms with Crippen molar-refractivity contribution in [3.8, 4) is 5.88 Å². The van der Waals surface area contributed by atoms with Crippen molar-refractivity contribution in [1.82, 2.24) is 9.97 Å². The van der Waals surface area contributed by atoms with Crippen LogP contribution in [-0.4, -0.2) is 31.8 Å². The van der Waals surface area contributed by atoms with Gasteiger partial charge in [-0.15, -0.1) is 0 Å². The summed E-state index contributed by atoms with van der Waals surface area (Å²) in [6.07, 6.45) is 2.99. The summed E-state index contributed by atoms with van der Waals surface area (Å²) in [4.78, 5) is 9.34. The van der Waals surface area contributed by atoms with Gasteiger partial charge in [0.25, 0.3) is 0 Å². The lowest BCUT2D eigenvalue weighted by Gasteiger charge is -2.21. The highest BCUT2D eigenvalue weighted by molar-refractivity contribution is 7.90. The molecule has 0 amide bonds. The number of nitrogens with one attached hydrogen (secondary N) is 1. The zero-order valence-corrected chi connectivity index (χ0v) is 16.9. The molecule has 2 aromatic rings. The molecule has 142 valence electrons. The molecular weight excluding hydrogens is 350 g/mol. The number of aromatic nitrogens is 2. The van der Waals surface area contributed by atoms with Gasteiger partial charge >= 0.3 is 0 Å². The molecule has 0 saturated heterocycles. The van der Waals surface area contributed by atoms with E-state index in [1.807, 2.05) is 0 Å². The van der Waals surface area contributed by atoms with Crippen molar-refractivity contribution in [2.45, 2.75) is 45.1 Å². The van der Waals surface area contributed by atoms with Gasteiger partial charge in [0, 0.05) is 25.3 Å². The van der Waals surface area contributed by atoms with E-state index in [9.17, 15) is 8.42 Å². The second kappa shape index (κ2) is 8.03. The molecule has 0 unspecified atom stereocenters. The lowest BCUT2D eigenvalue weighted by Crippen LogP contribution is -2.16. The van der Waals surface area contributed by atoms with E-state index in [0.29, 0.717) is 23.1 Å². The van der Waals surface area contributed by atoms with Gasteiger partial charge in [0.1, 0.15) is 11.6 Å². The molecule has 1 aromatic carbocycles. The monoisotopic (exact) mass is 377 g/mol. The van der Waals surface area contributed by atoms with Crippen LogP contribution in [0.5, 0.6) is 5.88 Å². The van der Waals surface area contributed by atoms with Crippen molar-refractivity contribution in [2.75, 3.05) is 18.7 Å². The third-order valence-corrected chi connectivity index (χ3v) is 5.51. The average Bonchev–Trinajstić information content (AvgIpc) is 2.59. The van der Waals surface area contributed by atoms with Gasteiger partial charge in [-0.3, -0.25) is 0 Å². The van der Waals surface area contributed by atoms with E-state index in [4.69, 9.17) is 4.74 Å². The highest BCUT2D eigenvalue weighted by atomic mass is 32.2. The van der Waals surface area contributed by atoms with Gasteiger partial charge in [0.05, 0.1) is 12.0 Å². The summed E-state index contributed by atoms with van der Waals surface area (Å²) in [5.74, 6) is 1.95. The second-order valence-corrected chi connectivity index (χ2v) is 9.19. The zero-order valence-electron chi connectivity index (χ0n) is 16.0. The van der Waals surface area contributed by atoms with Crippen molar-refractivity contribution >= 4 is 15.7 Å². The van der Waals surface area contributed by atoms with E-state index in [-0.39, 0.29) is 5.41 Å². The number of hydrogen-bond donors (Lipinski definition) is 1. The van der Waals surface area contributed by atoms with E-state index < -0.39 is 9.84 Å². The molecule has 1 heterocycles. The van der Waals surface area contributed by atoms with Gasteiger partial charge < -0.3 is 10.1 Å². The van der Waals surface area contributed by atoms with E-state index >= 15 is 0 Å². The molecule has 0 radical (unpaired) electrons. The molecule has 0 aliphatic carbocycles. The van der Waals surface area contributed by atoms with E-state index in [2.05, 4.69) is 36.1 Å². The lowest BCUT2D eigenvalue weighted by atomic mass is 9.86. The molecule has 0 aliphatic rings. The largest absolute Gasteiger partial charge is 0.481 e. The molecule has 0 spiro atoms. The van der Waals surface area contributed by atoms with Crippen molar-refractivity contribution in [3.05, 3.63) is 41.7 Å². The highest BCUT2D eigenvalue weighted by Crippen LogP contribution is 2.25. The summed E-state index contributed by atoms with van der Waals surface area (Å²) in [7, 11) is -1.59. The van der Waals surface area contributed by atoms with Crippen molar-refractivity contribution in [1.29, 1.82) is 0 Å². The van der Waals surface area contributed by atoms with Crippen LogP contribution in [-0.2, 0) is 22.8 Å². The number of anilines is 1. The molecular formula is C19H27N3O3S. The van der Waals surface area contributed by atoms with Crippen LogP contribution in [0.4, 0.5) is 5.82 Å². The van der Waals surface area contributed by atoms with Gasteiger partial charge in [0.15, 0.2) is 9.84 Å². The van der Waals surface area contributed by atoms with Crippen LogP contribution in [0.3, 0.4) is 0 Å². The predicted octanol–water partition coefficient (Wildman–Crippen LogP) is 3.48. The Morgan fingerprint density at radius 3 is 2.35 bits per heavy atom. The smallest absolute Gasteiger partial charge is 0.218 e. The summed E-state index contributed by atoms with van der Waals surface area (Å²) in [6, 6.07) is 8.57. The number of methoxy groups -OCH3 is 1. The molecule has 0 saturated carbocycles.